The lowest BCUT2D eigenvalue weighted by molar-refractivity contribution is -0.123. The van der Waals surface area contributed by atoms with Gasteiger partial charge in [-0.2, -0.15) is 0 Å². The summed E-state index contributed by atoms with van der Waals surface area (Å²) in [6, 6.07) is 8.01. The van der Waals surface area contributed by atoms with Crippen molar-refractivity contribution < 1.29 is 9.90 Å². The van der Waals surface area contributed by atoms with E-state index in [1.807, 2.05) is 43.3 Å². The number of nitrogens with one attached hydrogen (secondary N) is 3. The molecule has 1 aromatic carbocycles. The van der Waals surface area contributed by atoms with Crippen molar-refractivity contribution in [2.24, 2.45) is 0 Å². The molecule has 0 saturated carbocycles. The molecule has 0 bridgehead atoms. The first kappa shape index (κ1) is 18.7. The van der Waals surface area contributed by atoms with Gasteiger partial charge in [0.1, 0.15) is 6.04 Å². The van der Waals surface area contributed by atoms with Crippen LogP contribution in [0, 0.1) is 0 Å². The molecule has 1 aliphatic heterocycles. The maximum absolute atomic E-state index is 12.4. The normalized spacial score (nSPS) is 21.5. The minimum Gasteiger partial charge on any atom is -0.394 e. The van der Waals surface area contributed by atoms with Gasteiger partial charge < -0.3 is 15.3 Å². The number of amides is 1. The van der Waals surface area contributed by atoms with Gasteiger partial charge in [-0.25, -0.2) is 5.43 Å². The summed E-state index contributed by atoms with van der Waals surface area (Å²) in [6.07, 6.45) is 3.55. The lowest BCUT2D eigenvalue weighted by Gasteiger charge is -2.19. The maximum atomic E-state index is 12.4. The number of rotatable bonds is 8. The topological polar surface area (TPSA) is 76.6 Å². The predicted octanol–water partition coefficient (Wildman–Crippen LogP) is 0.807. The summed E-state index contributed by atoms with van der Waals surface area (Å²) in [7, 11) is 4.00. The number of benzene rings is 1. The molecule has 2 rings (SSSR count). The number of hydrogen-bond donors (Lipinski definition) is 4. The zero-order valence-electron chi connectivity index (χ0n) is 14.9. The fourth-order valence-electron chi connectivity index (χ4n) is 3.01. The third kappa shape index (κ3) is 5.19. The van der Waals surface area contributed by atoms with Gasteiger partial charge in [-0.05, 0) is 37.0 Å². The first-order valence-electron chi connectivity index (χ1n) is 8.72. The molecule has 6 nitrogen and oxygen atoms in total. The van der Waals surface area contributed by atoms with Gasteiger partial charge in [-0.1, -0.05) is 25.5 Å². The third-order valence-corrected chi connectivity index (χ3v) is 4.44. The molecular weight excluding hydrogens is 304 g/mol. The fourth-order valence-corrected chi connectivity index (χ4v) is 3.01. The first-order valence-corrected chi connectivity index (χ1v) is 8.72. The molecule has 0 spiro atoms. The Morgan fingerprint density at radius 1 is 1.33 bits per heavy atom. The molecule has 1 fully saturated rings. The van der Waals surface area contributed by atoms with Crippen LogP contribution >= 0.6 is 0 Å². The second kappa shape index (κ2) is 9.01. The van der Waals surface area contributed by atoms with Gasteiger partial charge in [0.2, 0.25) is 5.91 Å². The SMILES string of the molecule is CCCC1CC(C(=O)NC(CO)Cc2ccc(N(C)C)cc2)NN1. The first-order chi connectivity index (χ1) is 11.5. The van der Waals surface area contributed by atoms with Crippen LogP contribution < -0.4 is 21.1 Å². The van der Waals surface area contributed by atoms with Gasteiger partial charge in [-0.3, -0.25) is 10.2 Å². The van der Waals surface area contributed by atoms with E-state index in [2.05, 4.69) is 23.1 Å². The molecule has 1 aliphatic rings. The van der Waals surface area contributed by atoms with Gasteiger partial charge in [-0.15, -0.1) is 0 Å². The standard InChI is InChI=1S/C18H30N4O2/c1-4-5-14-11-17(21-20-14)18(24)19-15(12-23)10-13-6-8-16(9-7-13)22(2)3/h6-9,14-15,17,20-21,23H,4-5,10-12H2,1-3H3,(H,19,24). The van der Waals surface area contributed by atoms with E-state index in [-0.39, 0.29) is 24.6 Å². The number of nitrogens with zero attached hydrogens (tertiary/aromatic N) is 1. The highest BCUT2D eigenvalue weighted by Crippen LogP contribution is 2.14. The lowest BCUT2D eigenvalue weighted by atomic mass is 10.0. The van der Waals surface area contributed by atoms with E-state index >= 15 is 0 Å². The molecule has 4 N–H and O–H groups in total. The molecule has 3 unspecified atom stereocenters. The molecule has 24 heavy (non-hydrogen) atoms. The predicted molar refractivity (Wildman–Crippen MR) is 96.9 cm³/mol. The maximum Gasteiger partial charge on any atom is 0.238 e. The van der Waals surface area contributed by atoms with Crippen molar-refractivity contribution in [2.75, 3.05) is 25.6 Å². The van der Waals surface area contributed by atoms with Crippen molar-refractivity contribution in [3.63, 3.8) is 0 Å². The summed E-state index contributed by atoms with van der Waals surface area (Å²) in [5.41, 5.74) is 8.45. The van der Waals surface area contributed by atoms with Crippen molar-refractivity contribution >= 4 is 11.6 Å². The summed E-state index contributed by atoms with van der Waals surface area (Å²) < 4.78 is 0. The third-order valence-electron chi connectivity index (χ3n) is 4.44. The van der Waals surface area contributed by atoms with Crippen molar-refractivity contribution in [3.8, 4) is 0 Å². The zero-order chi connectivity index (χ0) is 17.5. The summed E-state index contributed by atoms with van der Waals surface area (Å²) in [6.45, 7) is 2.07. The Morgan fingerprint density at radius 2 is 2.04 bits per heavy atom. The van der Waals surface area contributed by atoms with Gasteiger partial charge >= 0.3 is 0 Å². The van der Waals surface area contributed by atoms with Crippen LogP contribution in [0.4, 0.5) is 5.69 Å². The van der Waals surface area contributed by atoms with E-state index in [1.165, 1.54) is 0 Å². The highest BCUT2D eigenvalue weighted by molar-refractivity contribution is 5.82. The van der Waals surface area contributed by atoms with Gasteiger partial charge in [0, 0.05) is 25.8 Å². The second-order valence-electron chi connectivity index (χ2n) is 6.72. The number of carbonyl (C=O) groups is 1. The van der Waals surface area contributed by atoms with E-state index < -0.39 is 0 Å². The molecule has 1 heterocycles. The van der Waals surface area contributed by atoms with Gasteiger partial charge in [0.05, 0.1) is 12.6 Å². The van der Waals surface area contributed by atoms with Crippen LogP contribution in [0.1, 0.15) is 31.7 Å². The number of anilines is 1. The van der Waals surface area contributed by atoms with Crippen molar-refractivity contribution in [3.05, 3.63) is 29.8 Å². The Hall–Kier alpha value is -1.63. The number of carbonyl (C=O) groups excluding carboxylic acids is 1. The van der Waals surface area contributed by atoms with Crippen LogP contribution in [-0.4, -0.2) is 49.8 Å². The van der Waals surface area contributed by atoms with Crippen LogP contribution in [-0.2, 0) is 11.2 Å². The van der Waals surface area contributed by atoms with E-state index in [4.69, 9.17) is 0 Å². The van der Waals surface area contributed by atoms with Gasteiger partial charge in [0.25, 0.3) is 0 Å². The summed E-state index contributed by atoms with van der Waals surface area (Å²) >= 11 is 0. The Labute approximate surface area is 144 Å². The Bertz CT molecular complexity index is 518. The quantitative estimate of drug-likeness (QED) is 0.566. The minimum atomic E-state index is -0.269. The van der Waals surface area contributed by atoms with Crippen molar-refractivity contribution in [2.45, 2.75) is 50.7 Å². The smallest absolute Gasteiger partial charge is 0.238 e. The summed E-state index contributed by atoms with van der Waals surface area (Å²) in [4.78, 5) is 14.4. The highest BCUT2D eigenvalue weighted by atomic mass is 16.3. The van der Waals surface area contributed by atoms with Crippen LogP contribution in [0.3, 0.4) is 0 Å². The average molecular weight is 334 g/mol. The van der Waals surface area contributed by atoms with Crippen LogP contribution in [0.25, 0.3) is 0 Å². The van der Waals surface area contributed by atoms with E-state index in [0.29, 0.717) is 12.5 Å². The molecule has 1 aromatic rings. The molecule has 1 saturated heterocycles. The molecule has 0 aliphatic carbocycles. The van der Waals surface area contributed by atoms with Crippen LogP contribution in [0.15, 0.2) is 24.3 Å². The minimum absolute atomic E-state index is 0.0509. The van der Waals surface area contributed by atoms with Gasteiger partial charge in [0.15, 0.2) is 0 Å². The number of hydrogen-bond acceptors (Lipinski definition) is 5. The largest absolute Gasteiger partial charge is 0.394 e. The lowest BCUT2D eigenvalue weighted by Crippen LogP contribution is -2.48. The fraction of sp³-hybridized carbons (Fsp3) is 0.611. The summed E-state index contributed by atoms with van der Waals surface area (Å²) in [5.74, 6) is -0.0509. The van der Waals surface area contributed by atoms with E-state index in [9.17, 15) is 9.90 Å². The molecule has 0 radical (unpaired) electrons. The average Bonchev–Trinajstić information content (AvgIpc) is 3.04. The summed E-state index contributed by atoms with van der Waals surface area (Å²) in [5, 5.41) is 12.6. The Balaban J connectivity index is 1.86. The van der Waals surface area contributed by atoms with Crippen LogP contribution in [0.5, 0.6) is 0 Å². The second-order valence-corrected chi connectivity index (χ2v) is 6.72. The molecule has 134 valence electrons. The number of aliphatic hydroxyl groups is 1. The number of aliphatic hydroxyl groups excluding tert-OH is 1. The van der Waals surface area contributed by atoms with E-state index in [1.54, 1.807) is 0 Å². The molecule has 0 aromatic heterocycles. The zero-order valence-corrected chi connectivity index (χ0v) is 14.9. The number of hydrazine groups is 1. The highest BCUT2D eigenvalue weighted by Gasteiger charge is 2.29. The van der Waals surface area contributed by atoms with E-state index in [0.717, 1.165) is 30.5 Å². The van der Waals surface area contributed by atoms with Crippen molar-refractivity contribution in [1.29, 1.82) is 0 Å². The molecular formula is C18H30N4O2. The Kier molecular flexibility index (Phi) is 7.02. The molecule has 1 amide bonds. The van der Waals surface area contributed by atoms with Crippen molar-refractivity contribution in [1.82, 2.24) is 16.2 Å². The Morgan fingerprint density at radius 3 is 2.62 bits per heavy atom. The molecule has 3 atom stereocenters. The van der Waals surface area contributed by atoms with Crippen LogP contribution in [0.2, 0.25) is 0 Å². The monoisotopic (exact) mass is 334 g/mol. The molecule has 6 heteroatoms.